The molecule has 0 radical (unpaired) electrons. The van der Waals surface area contributed by atoms with Crippen LogP contribution in [0.3, 0.4) is 0 Å². The van der Waals surface area contributed by atoms with Crippen molar-refractivity contribution in [2.45, 2.75) is 6.54 Å². The molecule has 2 heterocycles. The van der Waals surface area contributed by atoms with Gasteiger partial charge in [0.2, 0.25) is 0 Å². The van der Waals surface area contributed by atoms with E-state index >= 15 is 0 Å². The number of fused-ring (bicyclic) bond motifs is 1. The van der Waals surface area contributed by atoms with Crippen LogP contribution in [0, 0.1) is 0 Å². The van der Waals surface area contributed by atoms with E-state index < -0.39 is 0 Å². The van der Waals surface area contributed by atoms with Crippen LogP contribution in [0.15, 0.2) is 43.0 Å². The van der Waals surface area contributed by atoms with Crippen LogP contribution in [0.5, 0.6) is 0 Å². The minimum atomic E-state index is 0.683. The average Bonchev–Trinajstić information content (AvgIpc) is 2.85. The lowest BCUT2D eigenvalue weighted by molar-refractivity contribution is 1.01. The number of rotatable bonds is 3. The first kappa shape index (κ1) is 9.77. The maximum Gasteiger partial charge on any atom is 0.115 e. The van der Waals surface area contributed by atoms with Crippen molar-refractivity contribution in [3.05, 3.63) is 48.7 Å². The Hall–Kier alpha value is -2.43. The maximum absolute atomic E-state index is 4.15. The van der Waals surface area contributed by atoms with Gasteiger partial charge in [-0.2, -0.15) is 5.10 Å². The van der Waals surface area contributed by atoms with Crippen LogP contribution < -0.4 is 5.32 Å². The molecule has 0 saturated carbocycles. The second-order valence-electron chi connectivity index (χ2n) is 3.73. The summed E-state index contributed by atoms with van der Waals surface area (Å²) in [5, 5.41) is 11.3. The third kappa shape index (κ3) is 2.08. The van der Waals surface area contributed by atoms with E-state index in [-0.39, 0.29) is 0 Å². The van der Waals surface area contributed by atoms with E-state index in [2.05, 4.69) is 25.5 Å². The largest absolute Gasteiger partial charge is 0.379 e. The van der Waals surface area contributed by atoms with Crippen molar-refractivity contribution in [2.24, 2.45) is 0 Å². The molecule has 0 aliphatic rings. The van der Waals surface area contributed by atoms with Crippen molar-refractivity contribution in [1.29, 1.82) is 0 Å². The fourth-order valence-corrected chi connectivity index (χ4v) is 1.66. The standard InChI is InChI=1S/C12H11N5/c1-2-10(5-12-9(1)6-16-17-12)14-7-11-3-4-13-8-15-11/h1-6,8,14H,7H2,(H,16,17). The molecule has 0 bridgehead atoms. The van der Waals surface area contributed by atoms with Crippen LogP contribution in [0.1, 0.15) is 5.69 Å². The summed E-state index contributed by atoms with van der Waals surface area (Å²) in [5.41, 5.74) is 3.03. The summed E-state index contributed by atoms with van der Waals surface area (Å²) in [6.45, 7) is 0.683. The van der Waals surface area contributed by atoms with E-state index in [9.17, 15) is 0 Å². The SMILES string of the molecule is c1cc(CNc2ccc3cn[nH]c3c2)ncn1. The second-order valence-corrected chi connectivity index (χ2v) is 3.73. The topological polar surface area (TPSA) is 66.5 Å². The zero-order valence-electron chi connectivity index (χ0n) is 9.09. The number of nitrogens with zero attached hydrogens (tertiary/aromatic N) is 3. The van der Waals surface area contributed by atoms with Gasteiger partial charge in [0.15, 0.2) is 0 Å². The van der Waals surface area contributed by atoms with Gasteiger partial charge in [0.05, 0.1) is 24.0 Å². The summed E-state index contributed by atoms with van der Waals surface area (Å²) in [6, 6.07) is 7.98. The van der Waals surface area contributed by atoms with E-state index in [1.165, 1.54) is 0 Å². The van der Waals surface area contributed by atoms with Gasteiger partial charge < -0.3 is 5.32 Å². The van der Waals surface area contributed by atoms with Gasteiger partial charge in [-0.25, -0.2) is 9.97 Å². The third-order valence-electron chi connectivity index (χ3n) is 2.56. The minimum Gasteiger partial charge on any atom is -0.379 e. The summed E-state index contributed by atoms with van der Waals surface area (Å²) < 4.78 is 0. The number of H-pyrrole nitrogens is 1. The molecule has 0 unspecified atom stereocenters. The third-order valence-corrected chi connectivity index (χ3v) is 2.56. The highest BCUT2D eigenvalue weighted by Crippen LogP contribution is 2.16. The molecule has 17 heavy (non-hydrogen) atoms. The van der Waals surface area contributed by atoms with Crippen LogP contribution in [0.4, 0.5) is 5.69 Å². The van der Waals surface area contributed by atoms with Crippen molar-refractivity contribution in [1.82, 2.24) is 20.2 Å². The van der Waals surface area contributed by atoms with Crippen molar-refractivity contribution in [3.8, 4) is 0 Å². The highest BCUT2D eigenvalue weighted by atomic mass is 15.1. The van der Waals surface area contributed by atoms with Gasteiger partial charge in [-0.05, 0) is 24.3 Å². The Kier molecular flexibility index (Phi) is 2.42. The molecule has 1 aromatic carbocycles. The predicted octanol–water partition coefficient (Wildman–Crippen LogP) is 1.96. The second kappa shape index (κ2) is 4.21. The molecule has 0 saturated heterocycles. The number of nitrogens with one attached hydrogen (secondary N) is 2. The van der Waals surface area contributed by atoms with Gasteiger partial charge in [0.1, 0.15) is 6.33 Å². The van der Waals surface area contributed by atoms with Crippen LogP contribution >= 0.6 is 0 Å². The van der Waals surface area contributed by atoms with Gasteiger partial charge in [-0.3, -0.25) is 5.10 Å². The lowest BCUT2D eigenvalue weighted by Gasteiger charge is -2.05. The Balaban J connectivity index is 1.76. The highest BCUT2D eigenvalue weighted by molar-refractivity contribution is 5.81. The van der Waals surface area contributed by atoms with Crippen LogP contribution in [-0.4, -0.2) is 20.2 Å². The molecule has 2 aromatic heterocycles. The number of hydrogen-bond acceptors (Lipinski definition) is 4. The molecule has 0 aliphatic carbocycles. The lowest BCUT2D eigenvalue weighted by atomic mass is 10.2. The average molecular weight is 225 g/mol. The fourth-order valence-electron chi connectivity index (χ4n) is 1.66. The minimum absolute atomic E-state index is 0.683. The molecule has 2 N–H and O–H groups in total. The Labute approximate surface area is 97.9 Å². The zero-order valence-corrected chi connectivity index (χ0v) is 9.09. The molecule has 0 spiro atoms. The molecular weight excluding hydrogens is 214 g/mol. The quantitative estimate of drug-likeness (QED) is 0.715. The van der Waals surface area contributed by atoms with Crippen molar-refractivity contribution < 1.29 is 0 Å². The number of benzene rings is 1. The van der Waals surface area contributed by atoms with Crippen LogP contribution in [-0.2, 0) is 6.54 Å². The Morgan fingerprint density at radius 2 is 2.24 bits per heavy atom. The molecule has 5 nitrogen and oxygen atoms in total. The van der Waals surface area contributed by atoms with Gasteiger partial charge >= 0.3 is 0 Å². The first-order valence-electron chi connectivity index (χ1n) is 5.34. The Morgan fingerprint density at radius 3 is 3.12 bits per heavy atom. The van der Waals surface area contributed by atoms with Crippen molar-refractivity contribution in [3.63, 3.8) is 0 Å². The fraction of sp³-hybridized carbons (Fsp3) is 0.0833. The van der Waals surface area contributed by atoms with Gasteiger partial charge in [0.25, 0.3) is 0 Å². The van der Waals surface area contributed by atoms with E-state index in [0.717, 1.165) is 22.3 Å². The number of anilines is 1. The molecule has 3 rings (SSSR count). The molecule has 5 heteroatoms. The van der Waals surface area contributed by atoms with E-state index in [4.69, 9.17) is 0 Å². The van der Waals surface area contributed by atoms with E-state index in [1.807, 2.05) is 30.5 Å². The maximum atomic E-state index is 4.15. The van der Waals surface area contributed by atoms with Gasteiger partial charge in [0, 0.05) is 17.3 Å². The summed E-state index contributed by atoms with van der Waals surface area (Å²) in [7, 11) is 0. The molecule has 0 fully saturated rings. The smallest absolute Gasteiger partial charge is 0.115 e. The molecule has 0 atom stereocenters. The van der Waals surface area contributed by atoms with Gasteiger partial charge in [-0.15, -0.1) is 0 Å². The van der Waals surface area contributed by atoms with E-state index in [1.54, 1.807) is 12.5 Å². The summed E-state index contributed by atoms with van der Waals surface area (Å²) >= 11 is 0. The molecule has 0 amide bonds. The summed E-state index contributed by atoms with van der Waals surface area (Å²) in [6.07, 6.45) is 5.10. The van der Waals surface area contributed by atoms with E-state index in [0.29, 0.717) is 6.54 Å². The zero-order chi connectivity index (χ0) is 11.5. The van der Waals surface area contributed by atoms with Crippen molar-refractivity contribution in [2.75, 3.05) is 5.32 Å². The first-order chi connectivity index (χ1) is 8.42. The predicted molar refractivity (Wildman–Crippen MR) is 65.5 cm³/mol. The van der Waals surface area contributed by atoms with Crippen LogP contribution in [0.2, 0.25) is 0 Å². The number of hydrogen-bond donors (Lipinski definition) is 2. The molecule has 3 aromatic rings. The number of aromatic amines is 1. The Bertz CT molecular complexity index is 617. The molecule has 84 valence electrons. The first-order valence-corrected chi connectivity index (χ1v) is 5.34. The van der Waals surface area contributed by atoms with Gasteiger partial charge in [-0.1, -0.05) is 0 Å². The van der Waals surface area contributed by atoms with Crippen molar-refractivity contribution >= 4 is 16.6 Å². The summed E-state index contributed by atoms with van der Waals surface area (Å²) in [4.78, 5) is 8.03. The molecule has 0 aliphatic heterocycles. The molecular formula is C12H11N5. The number of aromatic nitrogens is 4. The summed E-state index contributed by atoms with van der Waals surface area (Å²) in [5.74, 6) is 0. The normalized spacial score (nSPS) is 10.6. The monoisotopic (exact) mass is 225 g/mol. The highest BCUT2D eigenvalue weighted by Gasteiger charge is 1.98. The van der Waals surface area contributed by atoms with Crippen LogP contribution in [0.25, 0.3) is 10.9 Å². The lowest BCUT2D eigenvalue weighted by Crippen LogP contribution is -2.01. The Morgan fingerprint density at radius 1 is 1.24 bits per heavy atom.